The molecule has 0 saturated heterocycles. The fourth-order valence-electron chi connectivity index (χ4n) is 3.11. The third-order valence-electron chi connectivity index (χ3n) is 4.88. The monoisotopic (exact) mass is 362 g/mol. The highest BCUT2D eigenvalue weighted by Gasteiger charge is 2.22. The SMILES string of the molecule is CC(c1ccc(F)cc1)N(C)C(=O)CSc1n[nH]c(C2CCCC2)n1. The lowest BCUT2D eigenvalue weighted by atomic mass is 10.1. The number of H-pyrrole nitrogens is 1. The summed E-state index contributed by atoms with van der Waals surface area (Å²) in [5.41, 5.74) is 0.906. The molecular formula is C18H23FN4OS. The van der Waals surface area contributed by atoms with Gasteiger partial charge >= 0.3 is 0 Å². The number of hydrogen-bond donors (Lipinski definition) is 1. The van der Waals surface area contributed by atoms with E-state index in [9.17, 15) is 9.18 Å². The molecule has 7 heteroatoms. The molecule has 1 aliphatic rings. The summed E-state index contributed by atoms with van der Waals surface area (Å²) in [7, 11) is 1.76. The van der Waals surface area contributed by atoms with Gasteiger partial charge in [0.2, 0.25) is 11.1 Å². The number of carbonyl (C=O) groups excluding carboxylic acids is 1. The van der Waals surface area contributed by atoms with E-state index in [0.29, 0.717) is 11.1 Å². The number of rotatable bonds is 6. The first-order valence-corrected chi connectivity index (χ1v) is 9.59. The van der Waals surface area contributed by atoms with Crippen molar-refractivity contribution in [2.24, 2.45) is 0 Å². The van der Waals surface area contributed by atoms with Crippen LogP contribution in [-0.2, 0) is 4.79 Å². The first-order chi connectivity index (χ1) is 12.0. The number of nitrogens with zero attached hydrogens (tertiary/aromatic N) is 3. The molecule has 0 bridgehead atoms. The van der Waals surface area contributed by atoms with Crippen molar-refractivity contribution >= 4 is 17.7 Å². The Morgan fingerprint density at radius 1 is 1.36 bits per heavy atom. The van der Waals surface area contributed by atoms with Gasteiger partial charge in [0, 0.05) is 13.0 Å². The Hall–Kier alpha value is -1.89. The third kappa shape index (κ3) is 4.39. The fourth-order valence-corrected chi connectivity index (χ4v) is 3.84. The second-order valence-corrected chi connectivity index (χ2v) is 7.45. The van der Waals surface area contributed by atoms with Crippen LogP contribution in [0.5, 0.6) is 0 Å². The maximum absolute atomic E-state index is 13.0. The van der Waals surface area contributed by atoms with Crippen LogP contribution in [0.15, 0.2) is 29.4 Å². The maximum Gasteiger partial charge on any atom is 0.233 e. The van der Waals surface area contributed by atoms with Gasteiger partial charge in [0.1, 0.15) is 11.6 Å². The normalized spacial score (nSPS) is 16.1. The van der Waals surface area contributed by atoms with Crippen LogP contribution < -0.4 is 0 Å². The zero-order chi connectivity index (χ0) is 17.8. The minimum atomic E-state index is -0.275. The summed E-state index contributed by atoms with van der Waals surface area (Å²) < 4.78 is 13.0. The molecule has 1 heterocycles. The predicted octanol–water partition coefficient (Wildman–Crippen LogP) is 3.91. The number of halogens is 1. The fraction of sp³-hybridized carbons (Fsp3) is 0.500. The van der Waals surface area contributed by atoms with Gasteiger partial charge in [-0.3, -0.25) is 9.89 Å². The Kier molecular flexibility index (Phi) is 5.73. The molecule has 0 radical (unpaired) electrons. The standard InChI is InChI=1S/C18H23FN4OS/c1-12(13-7-9-15(19)10-8-13)23(2)16(24)11-25-18-20-17(21-22-18)14-5-3-4-6-14/h7-10,12,14H,3-6,11H2,1-2H3,(H,20,21,22). The van der Waals surface area contributed by atoms with Crippen molar-refractivity contribution in [1.82, 2.24) is 20.1 Å². The van der Waals surface area contributed by atoms with Crippen LogP contribution in [0.25, 0.3) is 0 Å². The smallest absolute Gasteiger partial charge is 0.233 e. The third-order valence-corrected chi connectivity index (χ3v) is 5.71. The number of carbonyl (C=O) groups is 1. The van der Waals surface area contributed by atoms with E-state index in [0.717, 1.165) is 24.2 Å². The number of hydrogen-bond acceptors (Lipinski definition) is 4. The molecule has 25 heavy (non-hydrogen) atoms. The van der Waals surface area contributed by atoms with Crippen molar-refractivity contribution in [3.63, 3.8) is 0 Å². The van der Waals surface area contributed by atoms with Gasteiger partial charge < -0.3 is 4.90 Å². The van der Waals surface area contributed by atoms with Crippen molar-refractivity contribution in [1.29, 1.82) is 0 Å². The predicted molar refractivity (Wildman–Crippen MR) is 95.9 cm³/mol. The van der Waals surface area contributed by atoms with E-state index in [2.05, 4.69) is 15.2 Å². The van der Waals surface area contributed by atoms with Gasteiger partial charge in [-0.2, -0.15) is 0 Å². The molecule has 1 aromatic heterocycles. The molecule has 134 valence electrons. The molecular weight excluding hydrogens is 339 g/mol. The molecule has 0 aliphatic heterocycles. The summed E-state index contributed by atoms with van der Waals surface area (Å²) in [5, 5.41) is 7.85. The average molecular weight is 362 g/mol. The van der Waals surface area contributed by atoms with Crippen LogP contribution in [0.2, 0.25) is 0 Å². The van der Waals surface area contributed by atoms with Crippen LogP contribution >= 0.6 is 11.8 Å². The van der Waals surface area contributed by atoms with Crippen LogP contribution in [0.1, 0.15) is 56.0 Å². The zero-order valence-corrected chi connectivity index (χ0v) is 15.4. The highest BCUT2D eigenvalue weighted by molar-refractivity contribution is 7.99. The number of thioether (sulfide) groups is 1. The maximum atomic E-state index is 13.0. The summed E-state index contributed by atoms with van der Waals surface area (Å²) in [6, 6.07) is 6.13. The van der Waals surface area contributed by atoms with E-state index in [1.165, 1.54) is 36.7 Å². The van der Waals surface area contributed by atoms with E-state index in [4.69, 9.17) is 0 Å². The van der Waals surface area contributed by atoms with Crippen LogP contribution in [0, 0.1) is 5.82 Å². The molecule has 3 rings (SSSR count). The topological polar surface area (TPSA) is 61.9 Å². The number of amides is 1. The number of aromatic amines is 1. The van der Waals surface area contributed by atoms with Crippen molar-refractivity contribution in [2.75, 3.05) is 12.8 Å². The second-order valence-electron chi connectivity index (χ2n) is 6.51. The van der Waals surface area contributed by atoms with Crippen LogP contribution in [0.4, 0.5) is 4.39 Å². The second kappa shape index (κ2) is 7.99. The van der Waals surface area contributed by atoms with Gasteiger partial charge in [0.25, 0.3) is 0 Å². The minimum Gasteiger partial charge on any atom is -0.338 e. The average Bonchev–Trinajstić information content (AvgIpc) is 3.30. The van der Waals surface area contributed by atoms with E-state index in [-0.39, 0.29) is 23.5 Å². The molecule has 1 amide bonds. The number of nitrogens with one attached hydrogen (secondary N) is 1. The molecule has 1 unspecified atom stereocenters. The largest absolute Gasteiger partial charge is 0.338 e. The van der Waals surface area contributed by atoms with Gasteiger partial charge in [-0.1, -0.05) is 36.7 Å². The quantitative estimate of drug-likeness (QED) is 0.792. The van der Waals surface area contributed by atoms with Gasteiger partial charge in [-0.25, -0.2) is 9.37 Å². The summed E-state index contributed by atoms with van der Waals surface area (Å²) >= 11 is 1.35. The summed E-state index contributed by atoms with van der Waals surface area (Å²) in [6.07, 6.45) is 4.82. The van der Waals surface area contributed by atoms with Crippen molar-refractivity contribution in [3.8, 4) is 0 Å². The summed E-state index contributed by atoms with van der Waals surface area (Å²) in [6.45, 7) is 1.93. The molecule has 1 atom stereocenters. The lowest BCUT2D eigenvalue weighted by molar-refractivity contribution is -0.128. The molecule has 1 aromatic carbocycles. The van der Waals surface area contributed by atoms with Crippen molar-refractivity contribution in [2.45, 2.75) is 49.7 Å². The molecule has 0 spiro atoms. The zero-order valence-electron chi connectivity index (χ0n) is 14.5. The molecule has 1 aliphatic carbocycles. The van der Waals surface area contributed by atoms with E-state index >= 15 is 0 Å². The van der Waals surface area contributed by atoms with Gasteiger partial charge in [0.15, 0.2) is 0 Å². The van der Waals surface area contributed by atoms with Gasteiger partial charge in [-0.05, 0) is 37.5 Å². The molecule has 2 aromatic rings. The van der Waals surface area contributed by atoms with Crippen LogP contribution in [0.3, 0.4) is 0 Å². The number of benzene rings is 1. The van der Waals surface area contributed by atoms with Gasteiger partial charge in [-0.15, -0.1) is 5.10 Å². The molecule has 1 N–H and O–H groups in total. The van der Waals surface area contributed by atoms with Crippen molar-refractivity contribution < 1.29 is 9.18 Å². The highest BCUT2D eigenvalue weighted by atomic mass is 32.2. The highest BCUT2D eigenvalue weighted by Crippen LogP contribution is 2.32. The molecule has 5 nitrogen and oxygen atoms in total. The Morgan fingerprint density at radius 2 is 2.04 bits per heavy atom. The lowest BCUT2D eigenvalue weighted by Gasteiger charge is -2.25. The van der Waals surface area contributed by atoms with E-state index < -0.39 is 0 Å². The van der Waals surface area contributed by atoms with E-state index in [1.54, 1.807) is 24.1 Å². The molecule has 1 saturated carbocycles. The molecule has 1 fully saturated rings. The summed E-state index contributed by atoms with van der Waals surface area (Å²) in [5.74, 6) is 1.43. The lowest BCUT2D eigenvalue weighted by Crippen LogP contribution is -2.31. The van der Waals surface area contributed by atoms with E-state index in [1.807, 2.05) is 6.92 Å². The first-order valence-electron chi connectivity index (χ1n) is 8.61. The Bertz CT molecular complexity index is 712. The minimum absolute atomic E-state index is 0.00552. The van der Waals surface area contributed by atoms with Crippen LogP contribution in [-0.4, -0.2) is 38.8 Å². The Morgan fingerprint density at radius 3 is 2.72 bits per heavy atom. The van der Waals surface area contributed by atoms with Crippen molar-refractivity contribution in [3.05, 3.63) is 41.5 Å². The Labute approximate surface area is 151 Å². The van der Waals surface area contributed by atoms with Gasteiger partial charge in [0.05, 0.1) is 11.8 Å². The Balaban J connectivity index is 1.53. The number of aromatic nitrogens is 3. The summed E-state index contributed by atoms with van der Waals surface area (Å²) in [4.78, 5) is 18.6. The first kappa shape index (κ1) is 17.9.